The van der Waals surface area contributed by atoms with Crippen LogP contribution in [0.2, 0.25) is 0 Å². The number of rotatable bonds is 6. The van der Waals surface area contributed by atoms with Gasteiger partial charge in [0.15, 0.2) is 5.78 Å². The Bertz CT molecular complexity index is 732. The maximum atomic E-state index is 12.4. The molecular formula is C20H20N2O. The predicted octanol–water partition coefficient (Wildman–Crippen LogP) is 4.43. The molecule has 0 atom stereocenters. The van der Waals surface area contributed by atoms with Gasteiger partial charge in [0.1, 0.15) is 0 Å². The van der Waals surface area contributed by atoms with Crippen LogP contribution < -0.4 is 0 Å². The van der Waals surface area contributed by atoms with Crippen LogP contribution in [0.15, 0.2) is 41.5 Å². The number of nitrogens with one attached hydrogen (secondary N) is 1. The standard InChI is InChI=1S/C20H20N2O/c1-5-7-17(8-14(3)4)19(22)12-20(23)18-10-15(6-2)9-16(11-18)13-21/h2,7-11,22H,5,12H2,1,3-4H3. The van der Waals surface area contributed by atoms with Gasteiger partial charge in [-0.2, -0.15) is 5.26 Å². The first-order valence-corrected chi connectivity index (χ1v) is 7.39. The quantitative estimate of drug-likeness (QED) is 0.365. The van der Waals surface area contributed by atoms with Crippen LogP contribution in [0.3, 0.4) is 0 Å². The minimum absolute atomic E-state index is 0.0193. The Morgan fingerprint density at radius 3 is 2.48 bits per heavy atom. The van der Waals surface area contributed by atoms with E-state index in [9.17, 15) is 4.79 Å². The summed E-state index contributed by atoms with van der Waals surface area (Å²) in [6, 6.07) is 6.66. The lowest BCUT2D eigenvalue weighted by molar-refractivity contribution is 0.100. The molecule has 0 saturated carbocycles. The van der Waals surface area contributed by atoms with Gasteiger partial charge < -0.3 is 5.41 Å². The molecule has 0 unspecified atom stereocenters. The molecule has 0 spiro atoms. The minimum Gasteiger partial charge on any atom is -0.304 e. The van der Waals surface area contributed by atoms with E-state index in [2.05, 4.69) is 5.92 Å². The highest BCUT2D eigenvalue weighted by Crippen LogP contribution is 2.14. The van der Waals surface area contributed by atoms with Gasteiger partial charge >= 0.3 is 0 Å². The lowest BCUT2D eigenvalue weighted by atomic mass is 9.97. The average molecular weight is 304 g/mol. The third-order valence-electron chi connectivity index (χ3n) is 3.10. The van der Waals surface area contributed by atoms with Gasteiger partial charge in [-0.1, -0.05) is 30.6 Å². The summed E-state index contributed by atoms with van der Waals surface area (Å²) < 4.78 is 0. The predicted molar refractivity (Wildman–Crippen MR) is 93.6 cm³/mol. The fourth-order valence-corrected chi connectivity index (χ4v) is 2.10. The number of ketones is 1. The maximum absolute atomic E-state index is 12.4. The molecule has 0 bridgehead atoms. The molecule has 0 aliphatic carbocycles. The zero-order chi connectivity index (χ0) is 17.4. The van der Waals surface area contributed by atoms with Gasteiger partial charge in [0, 0.05) is 16.8 Å². The van der Waals surface area contributed by atoms with Gasteiger partial charge in [-0.15, -0.1) is 6.42 Å². The van der Waals surface area contributed by atoms with Gasteiger partial charge in [-0.3, -0.25) is 4.79 Å². The number of nitrogens with zero attached hydrogens (tertiary/aromatic N) is 1. The Morgan fingerprint density at radius 1 is 1.30 bits per heavy atom. The van der Waals surface area contributed by atoms with Gasteiger partial charge in [0.05, 0.1) is 18.1 Å². The van der Waals surface area contributed by atoms with E-state index in [-0.39, 0.29) is 17.9 Å². The average Bonchev–Trinajstić information content (AvgIpc) is 2.53. The highest BCUT2D eigenvalue weighted by molar-refractivity contribution is 6.15. The number of allylic oxidation sites excluding steroid dienone is 4. The van der Waals surface area contributed by atoms with Gasteiger partial charge in [0.2, 0.25) is 0 Å². The van der Waals surface area contributed by atoms with Crippen LogP contribution in [0.25, 0.3) is 0 Å². The van der Waals surface area contributed by atoms with E-state index >= 15 is 0 Å². The molecule has 3 heteroatoms. The Kier molecular flexibility index (Phi) is 6.71. The van der Waals surface area contributed by atoms with E-state index in [1.54, 1.807) is 12.1 Å². The number of hydrogen-bond acceptors (Lipinski definition) is 3. The fourth-order valence-electron chi connectivity index (χ4n) is 2.10. The van der Waals surface area contributed by atoms with Crippen molar-refractivity contribution in [3.63, 3.8) is 0 Å². The number of terminal acetylenes is 1. The molecule has 0 aromatic heterocycles. The van der Waals surface area contributed by atoms with E-state index in [4.69, 9.17) is 17.1 Å². The second-order valence-corrected chi connectivity index (χ2v) is 5.42. The highest BCUT2D eigenvalue weighted by atomic mass is 16.1. The molecule has 0 heterocycles. The summed E-state index contributed by atoms with van der Waals surface area (Å²) in [4.78, 5) is 12.4. The molecule has 0 aliphatic rings. The first-order chi connectivity index (χ1) is 10.9. The molecule has 0 radical (unpaired) electrons. The number of carbonyl (C=O) groups is 1. The van der Waals surface area contributed by atoms with Crippen molar-refractivity contribution >= 4 is 11.5 Å². The molecule has 116 valence electrons. The zero-order valence-corrected chi connectivity index (χ0v) is 13.7. The number of benzene rings is 1. The summed E-state index contributed by atoms with van der Waals surface area (Å²) in [6.07, 6.45) is 9.96. The molecule has 1 aromatic carbocycles. The summed E-state index contributed by atoms with van der Waals surface area (Å²) in [7, 11) is 0. The lowest BCUT2D eigenvalue weighted by Gasteiger charge is -2.07. The second kappa shape index (κ2) is 8.51. The van der Waals surface area contributed by atoms with Crippen molar-refractivity contribution < 1.29 is 4.79 Å². The first-order valence-electron chi connectivity index (χ1n) is 7.39. The van der Waals surface area contributed by atoms with Crippen LogP contribution in [0.5, 0.6) is 0 Å². The molecule has 1 N–H and O–H groups in total. The number of Topliss-reactive ketones (excluding diaryl/α,β-unsaturated/α-hetero) is 1. The first kappa shape index (κ1) is 18.1. The van der Waals surface area contributed by atoms with Crippen LogP contribution in [0.1, 0.15) is 55.1 Å². The Labute approximate surface area is 137 Å². The zero-order valence-electron chi connectivity index (χ0n) is 13.7. The van der Waals surface area contributed by atoms with Crippen molar-refractivity contribution in [1.82, 2.24) is 0 Å². The van der Waals surface area contributed by atoms with Crippen LogP contribution in [-0.4, -0.2) is 11.5 Å². The molecule has 0 amide bonds. The molecule has 23 heavy (non-hydrogen) atoms. The number of carbonyl (C=O) groups excluding carboxylic acids is 1. The third-order valence-corrected chi connectivity index (χ3v) is 3.10. The van der Waals surface area contributed by atoms with Crippen molar-refractivity contribution in [3.8, 4) is 18.4 Å². The van der Waals surface area contributed by atoms with Gasteiger partial charge in [-0.05, 0) is 44.0 Å². The van der Waals surface area contributed by atoms with E-state index in [0.717, 1.165) is 17.6 Å². The van der Waals surface area contributed by atoms with E-state index in [0.29, 0.717) is 16.7 Å². The van der Waals surface area contributed by atoms with Gasteiger partial charge in [0.25, 0.3) is 0 Å². The number of hydrogen-bond donors (Lipinski definition) is 1. The van der Waals surface area contributed by atoms with Crippen LogP contribution >= 0.6 is 0 Å². The minimum atomic E-state index is -0.215. The molecule has 0 fully saturated rings. The smallest absolute Gasteiger partial charge is 0.168 e. The van der Waals surface area contributed by atoms with E-state index < -0.39 is 0 Å². The van der Waals surface area contributed by atoms with Crippen molar-refractivity contribution in [1.29, 1.82) is 10.7 Å². The Balaban J connectivity index is 3.06. The van der Waals surface area contributed by atoms with E-state index in [1.807, 2.05) is 39.0 Å². The second-order valence-electron chi connectivity index (χ2n) is 5.42. The topological polar surface area (TPSA) is 64.7 Å². The SMILES string of the molecule is C#Cc1cc(C#N)cc(C(=O)CC(=N)C(C=C(C)C)=CCC)c1. The summed E-state index contributed by atoms with van der Waals surface area (Å²) in [5, 5.41) is 17.2. The molecule has 0 saturated heterocycles. The molecule has 1 aromatic rings. The molecule has 3 nitrogen and oxygen atoms in total. The normalized spacial score (nSPS) is 10.4. The van der Waals surface area contributed by atoms with Crippen molar-refractivity contribution in [2.75, 3.05) is 0 Å². The summed E-state index contributed by atoms with van der Waals surface area (Å²) >= 11 is 0. The van der Waals surface area contributed by atoms with Crippen LogP contribution in [0, 0.1) is 29.1 Å². The Morgan fingerprint density at radius 2 is 1.96 bits per heavy atom. The van der Waals surface area contributed by atoms with Crippen molar-refractivity contribution in [3.05, 3.63) is 58.2 Å². The van der Waals surface area contributed by atoms with Crippen LogP contribution in [0.4, 0.5) is 0 Å². The highest BCUT2D eigenvalue weighted by Gasteiger charge is 2.13. The largest absolute Gasteiger partial charge is 0.304 e. The van der Waals surface area contributed by atoms with Gasteiger partial charge in [-0.25, -0.2) is 0 Å². The van der Waals surface area contributed by atoms with Crippen molar-refractivity contribution in [2.45, 2.75) is 33.6 Å². The van der Waals surface area contributed by atoms with Crippen LogP contribution in [-0.2, 0) is 0 Å². The maximum Gasteiger partial charge on any atom is 0.168 e. The summed E-state index contributed by atoms with van der Waals surface area (Å²) in [5.74, 6) is 2.23. The Hall–Kier alpha value is -2.91. The fraction of sp³-hybridized carbons (Fsp3) is 0.250. The molecule has 1 rings (SSSR count). The summed E-state index contributed by atoms with van der Waals surface area (Å²) in [5.41, 5.74) is 3.31. The molecule has 0 aliphatic heterocycles. The summed E-state index contributed by atoms with van der Waals surface area (Å²) in [6.45, 7) is 5.89. The monoisotopic (exact) mass is 304 g/mol. The van der Waals surface area contributed by atoms with E-state index in [1.165, 1.54) is 6.07 Å². The lowest BCUT2D eigenvalue weighted by Crippen LogP contribution is -2.10. The third kappa shape index (κ3) is 5.41. The number of nitriles is 1. The molecular weight excluding hydrogens is 284 g/mol. The van der Waals surface area contributed by atoms with Crippen molar-refractivity contribution in [2.24, 2.45) is 0 Å².